The van der Waals surface area contributed by atoms with E-state index >= 15 is 0 Å². The molecule has 3 rings (SSSR count). The lowest BCUT2D eigenvalue weighted by atomic mass is 9.98. The monoisotopic (exact) mass is 353 g/mol. The number of piperidine rings is 1. The van der Waals surface area contributed by atoms with Crippen LogP contribution in [0.2, 0.25) is 10.0 Å². The molecule has 1 aromatic heterocycles. The van der Waals surface area contributed by atoms with Crippen LogP contribution in [0.3, 0.4) is 0 Å². The molecule has 0 amide bonds. The molecule has 0 spiro atoms. The molecule has 122 valence electrons. The van der Waals surface area contributed by atoms with Crippen molar-refractivity contribution in [3.05, 3.63) is 46.1 Å². The third kappa shape index (κ3) is 3.89. The summed E-state index contributed by atoms with van der Waals surface area (Å²) in [6, 6.07) is 9.19. The van der Waals surface area contributed by atoms with E-state index in [0.29, 0.717) is 23.1 Å². The first-order chi connectivity index (χ1) is 11.0. The molecule has 23 heavy (non-hydrogen) atoms. The van der Waals surface area contributed by atoms with Gasteiger partial charge in [0.15, 0.2) is 0 Å². The molecular weight excluding hydrogens is 337 g/mol. The molecule has 0 aliphatic carbocycles. The number of carboxylic acid groups (broad SMARTS) is 1. The molecule has 1 atom stereocenters. The van der Waals surface area contributed by atoms with Crippen molar-refractivity contribution in [2.45, 2.75) is 19.4 Å². The van der Waals surface area contributed by atoms with Gasteiger partial charge in [0.05, 0.1) is 22.5 Å². The van der Waals surface area contributed by atoms with Crippen LogP contribution in [0, 0.1) is 5.92 Å². The Labute approximate surface area is 144 Å². The maximum absolute atomic E-state index is 11.1. The van der Waals surface area contributed by atoms with Crippen LogP contribution in [0.1, 0.15) is 18.6 Å². The predicted molar refractivity (Wildman–Crippen MR) is 89.8 cm³/mol. The minimum atomic E-state index is -0.717. The summed E-state index contributed by atoms with van der Waals surface area (Å²) in [5, 5.41) is 10.1. The van der Waals surface area contributed by atoms with Crippen molar-refractivity contribution in [1.82, 2.24) is 4.90 Å². The van der Waals surface area contributed by atoms with Crippen molar-refractivity contribution in [3.8, 4) is 11.3 Å². The topological polar surface area (TPSA) is 53.7 Å². The molecule has 1 unspecified atom stereocenters. The van der Waals surface area contributed by atoms with E-state index in [9.17, 15) is 4.79 Å². The number of halogens is 2. The predicted octanol–water partition coefficient (Wildman–Crippen LogP) is 4.55. The molecule has 0 radical (unpaired) electrons. The van der Waals surface area contributed by atoms with E-state index in [2.05, 4.69) is 4.90 Å². The van der Waals surface area contributed by atoms with E-state index in [1.54, 1.807) is 12.1 Å². The SMILES string of the molecule is O=C(O)C1CCCN(Cc2ccc(-c3ccc(Cl)c(Cl)c3)o2)C1. The van der Waals surface area contributed by atoms with E-state index in [-0.39, 0.29) is 5.92 Å². The quantitative estimate of drug-likeness (QED) is 0.875. The minimum absolute atomic E-state index is 0.284. The van der Waals surface area contributed by atoms with Crippen LogP contribution in [0.5, 0.6) is 0 Å². The fraction of sp³-hybridized carbons (Fsp3) is 0.353. The van der Waals surface area contributed by atoms with Gasteiger partial charge in [0.2, 0.25) is 0 Å². The molecule has 1 aromatic carbocycles. The zero-order valence-corrected chi connectivity index (χ0v) is 14.0. The zero-order valence-electron chi connectivity index (χ0n) is 12.5. The molecule has 1 aliphatic heterocycles. The first-order valence-corrected chi connectivity index (χ1v) is 8.28. The van der Waals surface area contributed by atoms with Gasteiger partial charge in [0, 0.05) is 12.1 Å². The van der Waals surface area contributed by atoms with Crippen LogP contribution >= 0.6 is 23.2 Å². The molecule has 2 heterocycles. The average molecular weight is 354 g/mol. The number of benzene rings is 1. The van der Waals surface area contributed by atoms with Crippen LogP contribution in [-0.2, 0) is 11.3 Å². The van der Waals surface area contributed by atoms with Gasteiger partial charge < -0.3 is 9.52 Å². The minimum Gasteiger partial charge on any atom is -0.481 e. The molecular formula is C17H17Cl2NO3. The molecule has 1 aliphatic rings. The lowest BCUT2D eigenvalue weighted by Crippen LogP contribution is -2.38. The van der Waals surface area contributed by atoms with E-state index < -0.39 is 5.97 Å². The molecule has 1 N–H and O–H groups in total. The van der Waals surface area contributed by atoms with Gasteiger partial charge in [-0.05, 0) is 49.7 Å². The van der Waals surface area contributed by atoms with E-state index in [1.165, 1.54) is 0 Å². The second kappa shape index (κ2) is 6.95. The second-order valence-corrected chi connectivity index (χ2v) is 6.62. The lowest BCUT2D eigenvalue weighted by molar-refractivity contribution is -0.143. The van der Waals surface area contributed by atoms with Gasteiger partial charge in [-0.1, -0.05) is 23.2 Å². The van der Waals surface area contributed by atoms with Crippen LogP contribution < -0.4 is 0 Å². The Hall–Kier alpha value is -1.49. The average Bonchev–Trinajstić information content (AvgIpc) is 2.99. The summed E-state index contributed by atoms with van der Waals surface area (Å²) in [5.41, 5.74) is 0.868. The summed E-state index contributed by atoms with van der Waals surface area (Å²) in [6.07, 6.45) is 1.65. The highest BCUT2D eigenvalue weighted by Gasteiger charge is 2.25. The number of nitrogens with zero attached hydrogens (tertiary/aromatic N) is 1. The molecule has 6 heteroatoms. The van der Waals surface area contributed by atoms with E-state index in [4.69, 9.17) is 32.7 Å². The highest BCUT2D eigenvalue weighted by atomic mass is 35.5. The van der Waals surface area contributed by atoms with Crippen molar-refractivity contribution >= 4 is 29.2 Å². The Bertz CT molecular complexity index is 714. The van der Waals surface area contributed by atoms with E-state index in [0.717, 1.165) is 36.5 Å². The Morgan fingerprint density at radius 3 is 2.83 bits per heavy atom. The summed E-state index contributed by atoms with van der Waals surface area (Å²) >= 11 is 12.0. The first-order valence-electron chi connectivity index (χ1n) is 7.52. The molecule has 0 saturated carbocycles. The highest BCUT2D eigenvalue weighted by Crippen LogP contribution is 2.30. The number of hydrogen-bond donors (Lipinski definition) is 1. The normalized spacial score (nSPS) is 19.0. The molecule has 1 saturated heterocycles. The molecule has 0 bridgehead atoms. The van der Waals surface area contributed by atoms with Crippen LogP contribution in [0.25, 0.3) is 11.3 Å². The Morgan fingerprint density at radius 1 is 1.26 bits per heavy atom. The number of furan rings is 1. The van der Waals surface area contributed by atoms with Gasteiger partial charge in [-0.3, -0.25) is 9.69 Å². The third-order valence-corrected chi connectivity index (χ3v) is 4.84. The lowest BCUT2D eigenvalue weighted by Gasteiger charge is -2.29. The summed E-state index contributed by atoms with van der Waals surface area (Å²) < 4.78 is 5.87. The van der Waals surface area contributed by atoms with Crippen molar-refractivity contribution in [3.63, 3.8) is 0 Å². The van der Waals surface area contributed by atoms with Gasteiger partial charge in [0.1, 0.15) is 11.5 Å². The number of carbonyl (C=O) groups is 1. The fourth-order valence-electron chi connectivity index (χ4n) is 2.89. The standard InChI is InChI=1S/C17H17Cl2NO3/c18-14-5-3-11(8-15(14)19)16-6-4-13(23-16)10-20-7-1-2-12(9-20)17(21)22/h3-6,8,12H,1-2,7,9-10H2,(H,21,22). The smallest absolute Gasteiger partial charge is 0.307 e. The number of carboxylic acids is 1. The molecule has 4 nitrogen and oxygen atoms in total. The first kappa shape index (κ1) is 16.4. The number of likely N-dealkylation sites (tertiary alicyclic amines) is 1. The van der Waals surface area contributed by atoms with Crippen LogP contribution in [-0.4, -0.2) is 29.1 Å². The number of hydrogen-bond acceptors (Lipinski definition) is 3. The van der Waals surface area contributed by atoms with Gasteiger partial charge in [-0.25, -0.2) is 0 Å². The fourth-order valence-corrected chi connectivity index (χ4v) is 3.19. The summed E-state index contributed by atoms with van der Waals surface area (Å²) in [5.74, 6) is 0.543. The second-order valence-electron chi connectivity index (χ2n) is 5.81. The number of aliphatic carboxylic acids is 1. The highest BCUT2D eigenvalue weighted by molar-refractivity contribution is 6.42. The maximum Gasteiger partial charge on any atom is 0.307 e. The van der Waals surface area contributed by atoms with E-state index in [1.807, 2.05) is 18.2 Å². The Balaban J connectivity index is 1.69. The molecule has 2 aromatic rings. The third-order valence-electron chi connectivity index (χ3n) is 4.10. The van der Waals surface area contributed by atoms with Crippen molar-refractivity contribution < 1.29 is 14.3 Å². The van der Waals surface area contributed by atoms with Crippen LogP contribution in [0.15, 0.2) is 34.7 Å². The largest absolute Gasteiger partial charge is 0.481 e. The van der Waals surface area contributed by atoms with Gasteiger partial charge >= 0.3 is 5.97 Å². The summed E-state index contributed by atoms with van der Waals surface area (Å²) in [4.78, 5) is 13.3. The van der Waals surface area contributed by atoms with Crippen molar-refractivity contribution in [1.29, 1.82) is 0 Å². The van der Waals surface area contributed by atoms with Gasteiger partial charge in [-0.2, -0.15) is 0 Å². The van der Waals surface area contributed by atoms with Gasteiger partial charge in [-0.15, -0.1) is 0 Å². The Morgan fingerprint density at radius 2 is 2.09 bits per heavy atom. The molecule has 1 fully saturated rings. The van der Waals surface area contributed by atoms with Crippen LogP contribution in [0.4, 0.5) is 0 Å². The zero-order chi connectivity index (χ0) is 16.4. The summed E-state index contributed by atoms with van der Waals surface area (Å²) in [7, 11) is 0. The van der Waals surface area contributed by atoms with Crippen molar-refractivity contribution in [2.24, 2.45) is 5.92 Å². The van der Waals surface area contributed by atoms with Crippen molar-refractivity contribution in [2.75, 3.05) is 13.1 Å². The van der Waals surface area contributed by atoms with Gasteiger partial charge in [0.25, 0.3) is 0 Å². The Kier molecular flexibility index (Phi) is 4.95. The maximum atomic E-state index is 11.1. The summed E-state index contributed by atoms with van der Waals surface area (Å²) in [6.45, 7) is 2.08. The number of rotatable bonds is 4.